The van der Waals surface area contributed by atoms with E-state index in [1.807, 2.05) is 12.3 Å². The van der Waals surface area contributed by atoms with Gasteiger partial charge in [0, 0.05) is 60.8 Å². The van der Waals surface area contributed by atoms with Crippen LogP contribution in [0, 0.1) is 0 Å². The van der Waals surface area contributed by atoms with Gasteiger partial charge in [0.1, 0.15) is 0 Å². The summed E-state index contributed by atoms with van der Waals surface area (Å²) < 4.78 is 4.89. The highest BCUT2D eigenvalue weighted by Gasteiger charge is 2.21. The maximum atomic E-state index is 5.13. The van der Waals surface area contributed by atoms with Gasteiger partial charge in [-0.05, 0) is 54.1 Å². The van der Waals surface area contributed by atoms with Crippen molar-refractivity contribution < 1.29 is 0 Å². The molecule has 11 rings (SSSR count). The first kappa shape index (κ1) is 27.2. The van der Waals surface area contributed by atoms with E-state index >= 15 is 0 Å². The molecule has 0 bridgehead atoms. The minimum Gasteiger partial charge on any atom is -0.307 e. The zero-order valence-electron chi connectivity index (χ0n) is 27.0. The fraction of sp³-hybridized carbons (Fsp3) is 0. The van der Waals surface area contributed by atoms with E-state index < -0.39 is 0 Å². The van der Waals surface area contributed by atoms with Crippen molar-refractivity contribution in [2.45, 2.75) is 0 Å². The summed E-state index contributed by atoms with van der Waals surface area (Å²) in [6.07, 6.45) is 1.85. The van der Waals surface area contributed by atoms with Gasteiger partial charge in [-0.1, -0.05) is 115 Å². The lowest BCUT2D eigenvalue weighted by Crippen LogP contribution is -1.98. The number of hydrogen-bond donors (Lipinski definition) is 0. The van der Waals surface area contributed by atoms with Gasteiger partial charge in [0.2, 0.25) is 0 Å². The van der Waals surface area contributed by atoms with Gasteiger partial charge in [0.15, 0.2) is 0 Å². The van der Waals surface area contributed by atoms with Crippen LogP contribution in [0.5, 0.6) is 0 Å². The van der Waals surface area contributed by atoms with Crippen molar-refractivity contribution >= 4 is 76.3 Å². The van der Waals surface area contributed by atoms with Crippen LogP contribution >= 0.6 is 0 Å². The van der Waals surface area contributed by atoms with E-state index in [0.717, 1.165) is 49.6 Å². The zero-order valence-corrected chi connectivity index (χ0v) is 27.0. The van der Waals surface area contributed by atoms with Crippen molar-refractivity contribution in [3.05, 3.63) is 170 Å². The van der Waals surface area contributed by atoms with E-state index in [1.165, 1.54) is 49.2 Å². The lowest BCUT2D eigenvalue weighted by Gasteiger charge is -2.15. The molecule has 0 spiro atoms. The van der Waals surface area contributed by atoms with E-state index in [4.69, 9.17) is 9.97 Å². The number of aromatic nitrogens is 4. The molecule has 0 unspecified atom stereocenters. The maximum Gasteiger partial charge on any atom is 0.0978 e. The van der Waals surface area contributed by atoms with Gasteiger partial charge in [-0.25, -0.2) is 4.98 Å². The third kappa shape index (κ3) is 3.76. The predicted octanol–water partition coefficient (Wildman–Crippen LogP) is 11.8. The van der Waals surface area contributed by atoms with Gasteiger partial charge >= 0.3 is 0 Å². The lowest BCUT2D eigenvalue weighted by molar-refractivity contribution is 1.15. The van der Waals surface area contributed by atoms with Crippen LogP contribution in [-0.2, 0) is 0 Å². The number of pyridine rings is 2. The molecule has 0 saturated heterocycles. The lowest BCUT2D eigenvalue weighted by atomic mass is 9.95. The molecule has 4 nitrogen and oxygen atoms in total. The first-order chi connectivity index (χ1) is 24.8. The average Bonchev–Trinajstić information content (AvgIpc) is 3.71. The van der Waals surface area contributed by atoms with Crippen molar-refractivity contribution in [3.63, 3.8) is 0 Å². The van der Waals surface area contributed by atoms with E-state index in [2.05, 4.69) is 167 Å². The Hall–Kier alpha value is -6.78. The summed E-state index contributed by atoms with van der Waals surface area (Å²) in [6.45, 7) is 0. The van der Waals surface area contributed by atoms with Crippen LogP contribution in [0.1, 0.15) is 0 Å². The molecule has 232 valence electrons. The quantitative estimate of drug-likeness (QED) is 0.143. The summed E-state index contributed by atoms with van der Waals surface area (Å²) in [6, 6.07) is 58.8. The van der Waals surface area contributed by atoms with Gasteiger partial charge in [0.25, 0.3) is 0 Å². The first-order valence-electron chi connectivity index (χ1n) is 17.0. The summed E-state index contributed by atoms with van der Waals surface area (Å²) in [7, 11) is 0. The highest BCUT2D eigenvalue weighted by atomic mass is 15.0. The molecular weight excluding hydrogens is 609 g/mol. The fourth-order valence-corrected chi connectivity index (χ4v) is 8.20. The Bertz CT molecular complexity index is 3130. The summed E-state index contributed by atoms with van der Waals surface area (Å²) in [5, 5.41) is 8.30. The summed E-state index contributed by atoms with van der Waals surface area (Å²) in [5.74, 6) is 0. The molecule has 0 radical (unpaired) electrons. The normalized spacial score (nSPS) is 12.0. The minimum absolute atomic E-state index is 0.928. The molecule has 11 aromatic rings. The number of nitrogens with zero attached hydrogens (tertiary/aromatic N) is 4. The molecule has 4 aromatic heterocycles. The monoisotopic (exact) mass is 636 g/mol. The van der Waals surface area contributed by atoms with Crippen LogP contribution in [0.25, 0.3) is 98.8 Å². The third-order valence-corrected chi connectivity index (χ3v) is 10.3. The summed E-state index contributed by atoms with van der Waals surface area (Å²) >= 11 is 0. The predicted molar refractivity (Wildman–Crippen MR) is 209 cm³/mol. The molecular formula is C46H28N4. The number of hydrogen-bond acceptors (Lipinski definition) is 2. The molecule has 4 heteroatoms. The molecule has 4 heterocycles. The van der Waals surface area contributed by atoms with Gasteiger partial charge in [-0.15, -0.1) is 0 Å². The van der Waals surface area contributed by atoms with Crippen LogP contribution < -0.4 is 0 Å². The molecule has 0 N–H and O–H groups in total. The second kappa shape index (κ2) is 10.4. The van der Waals surface area contributed by atoms with E-state index in [9.17, 15) is 0 Å². The van der Waals surface area contributed by atoms with Crippen molar-refractivity contribution in [1.29, 1.82) is 0 Å². The fourth-order valence-electron chi connectivity index (χ4n) is 8.20. The van der Waals surface area contributed by atoms with Crippen molar-refractivity contribution in [2.24, 2.45) is 0 Å². The number of benzene rings is 7. The van der Waals surface area contributed by atoms with E-state index in [-0.39, 0.29) is 0 Å². The first-order valence-corrected chi connectivity index (χ1v) is 17.0. The Balaban J connectivity index is 1.21. The zero-order chi connectivity index (χ0) is 32.8. The van der Waals surface area contributed by atoms with Gasteiger partial charge in [-0.3, -0.25) is 4.98 Å². The Morgan fingerprint density at radius 2 is 0.960 bits per heavy atom. The summed E-state index contributed by atoms with van der Waals surface area (Å²) in [4.78, 5) is 9.89. The SMILES string of the molecule is c1ccc(-n2c3ccccc3c3ccc4c5ccccc5n(-c5ccc(-c6c7ccccc7nc7c6ccc6cccnc67)cc5)c4c32)cc1. The van der Waals surface area contributed by atoms with Crippen molar-refractivity contribution in [2.75, 3.05) is 0 Å². The molecule has 50 heavy (non-hydrogen) atoms. The number of fused-ring (bicyclic) bond motifs is 11. The van der Waals surface area contributed by atoms with Gasteiger partial charge < -0.3 is 9.13 Å². The summed E-state index contributed by atoms with van der Waals surface area (Å²) in [5.41, 5.74) is 12.2. The third-order valence-electron chi connectivity index (χ3n) is 10.3. The molecule has 0 aliphatic carbocycles. The molecule has 0 atom stereocenters. The van der Waals surface area contributed by atoms with Crippen LogP contribution in [-0.4, -0.2) is 19.1 Å². The standard InChI is InChI=1S/C46H28N4/c1-2-12-31(13-3-1)49-40-18-8-5-14-33(40)35-26-27-36-34-15-6-9-19-41(34)50(46(36)45(35)49)32-23-20-29(21-24-32)42-37-16-4-7-17-39(37)48-44-38(42)25-22-30-11-10-28-47-43(30)44/h1-28H. The van der Waals surface area contributed by atoms with Crippen LogP contribution in [0.2, 0.25) is 0 Å². The number of rotatable bonds is 3. The van der Waals surface area contributed by atoms with Crippen molar-refractivity contribution in [1.82, 2.24) is 19.1 Å². The topological polar surface area (TPSA) is 35.6 Å². The molecule has 0 saturated carbocycles. The Morgan fingerprint density at radius 1 is 0.380 bits per heavy atom. The van der Waals surface area contributed by atoms with Crippen LogP contribution in [0.3, 0.4) is 0 Å². The molecule has 0 aliphatic rings. The van der Waals surface area contributed by atoms with Crippen LogP contribution in [0.4, 0.5) is 0 Å². The number of para-hydroxylation sites is 4. The average molecular weight is 637 g/mol. The molecule has 0 fully saturated rings. The minimum atomic E-state index is 0.928. The van der Waals surface area contributed by atoms with Crippen LogP contribution in [0.15, 0.2) is 170 Å². The maximum absolute atomic E-state index is 5.13. The Labute approximate surface area is 287 Å². The second-order valence-corrected chi connectivity index (χ2v) is 13.0. The molecule has 7 aromatic carbocycles. The molecule has 0 amide bonds. The smallest absolute Gasteiger partial charge is 0.0978 e. The molecule has 0 aliphatic heterocycles. The van der Waals surface area contributed by atoms with Crippen molar-refractivity contribution in [3.8, 4) is 22.5 Å². The largest absolute Gasteiger partial charge is 0.307 e. The Kier molecular flexibility index (Phi) is 5.63. The van der Waals surface area contributed by atoms with E-state index in [1.54, 1.807) is 0 Å². The van der Waals surface area contributed by atoms with Gasteiger partial charge in [-0.2, -0.15) is 0 Å². The highest BCUT2D eigenvalue weighted by molar-refractivity contribution is 6.24. The van der Waals surface area contributed by atoms with E-state index in [0.29, 0.717) is 0 Å². The highest BCUT2D eigenvalue weighted by Crippen LogP contribution is 2.42. The van der Waals surface area contributed by atoms with Gasteiger partial charge in [0.05, 0.1) is 38.6 Å². The Morgan fingerprint density at radius 3 is 1.66 bits per heavy atom. The second-order valence-electron chi connectivity index (χ2n) is 13.0.